The van der Waals surface area contributed by atoms with Gasteiger partial charge in [-0.05, 0) is 57.2 Å². The second-order valence-electron chi connectivity index (χ2n) is 7.94. The molecule has 2 fully saturated rings. The maximum Gasteiger partial charge on any atom is 0.314 e. The van der Waals surface area contributed by atoms with Gasteiger partial charge in [0.05, 0.1) is 5.41 Å². The van der Waals surface area contributed by atoms with E-state index in [1.54, 1.807) is 0 Å². The van der Waals surface area contributed by atoms with Crippen molar-refractivity contribution in [3.63, 3.8) is 0 Å². The topological polar surface area (TPSA) is 60.9 Å². The number of carbonyl (C=O) groups is 2. The van der Waals surface area contributed by atoms with E-state index in [1.807, 2.05) is 35.2 Å². The predicted molar refractivity (Wildman–Crippen MR) is 101 cm³/mol. The molecule has 0 aliphatic carbocycles. The molecule has 2 aliphatic heterocycles. The average molecular weight is 358 g/mol. The Bertz CT molecular complexity index is 623. The summed E-state index contributed by atoms with van der Waals surface area (Å²) in [4.78, 5) is 28.8. The summed E-state index contributed by atoms with van der Waals surface area (Å²) in [5.74, 6) is 0.0243. The fraction of sp³-hybridized carbons (Fsp3) is 0.619. The number of carboxylic acid groups (broad SMARTS) is 1. The standard InChI is InChI=1S/C21H30N2O3/c1-22-13-5-6-17(16-22)9-10-19(24)23-14-11-21(12-15-23,20(25)26)18-7-3-2-4-8-18/h2-4,7-8,17H,5-6,9-16H2,1H3,(H,25,26)/t17-/m0/s1. The largest absolute Gasteiger partial charge is 0.481 e. The molecule has 5 nitrogen and oxygen atoms in total. The number of hydrogen-bond donors (Lipinski definition) is 1. The molecule has 0 saturated carbocycles. The van der Waals surface area contributed by atoms with Gasteiger partial charge in [-0.15, -0.1) is 0 Å². The molecule has 1 N–H and O–H groups in total. The molecule has 1 amide bonds. The maximum absolute atomic E-state index is 12.6. The lowest BCUT2D eigenvalue weighted by atomic mass is 9.73. The van der Waals surface area contributed by atoms with E-state index in [0.29, 0.717) is 38.3 Å². The van der Waals surface area contributed by atoms with Crippen LogP contribution in [0, 0.1) is 5.92 Å². The first-order valence-corrected chi connectivity index (χ1v) is 9.76. The number of carbonyl (C=O) groups excluding carboxylic acids is 1. The van der Waals surface area contributed by atoms with Gasteiger partial charge >= 0.3 is 5.97 Å². The lowest BCUT2D eigenvalue weighted by Crippen LogP contribution is -2.49. The molecule has 1 aromatic rings. The number of hydrogen-bond acceptors (Lipinski definition) is 3. The number of aliphatic carboxylic acids is 1. The fourth-order valence-corrected chi connectivity index (χ4v) is 4.52. The molecule has 1 aromatic carbocycles. The summed E-state index contributed by atoms with van der Waals surface area (Å²) in [6.07, 6.45) is 4.95. The van der Waals surface area contributed by atoms with E-state index in [2.05, 4.69) is 11.9 Å². The van der Waals surface area contributed by atoms with E-state index < -0.39 is 11.4 Å². The maximum atomic E-state index is 12.6. The molecule has 5 heteroatoms. The number of nitrogens with zero attached hydrogens (tertiary/aromatic N) is 2. The van der Waals surface area contributed by atoms with Gasteiger partial charge in [0.2, 0.25) is 5.91 Å². The molecule has 2 aliphatic rings. The highest BCUT2D eigenvalue weighted by Gasteiger charge is 2.43. The summed E-state index contributed by atoms with van der Waals surface area (Å²) in [5, 5.41) is 9.86. The lowest BCUT2D eigenvalue weighted by Gasteiger charge is -2.39. The zero-order valence-corrected chi connectivity index (χ0v) is 15.7. The van der Waals surface area contributed by atoms with E-state index >= 15 is 0 Å². The van der Waals surface area contributed by atoms with Gasteiger partial charge in [0.25, 0.3) is 0 Å². The van der Waals surface area contributed by atoms with Crippen molar-refractivity contribution in [2.45, 2.75) is 43.9 Å². The molecule has 0 bridgehead atoms. The van der Waals surface area contributed by atoms with Crippen LogP contribution in [0.3, 0.4) is 0 Å². The van der Waals surface area contributed by atoms with Crippen LogP contribution in [0.4, 0.5) is 0 Å². The Morgan fingerprint density at radius 3 is 2.46 bits per heavy atom. The van der Waals surface area contributed by atoms with Crippen molar-refractivity contribution in [1.82, 2.24) is 9.80 Å². The molecule has 0 spiro atoms. The van der Waals surface area contributed by atoms with Gasteiger partial charge in [-0.25, -0.2) is 0 Å². The number of piperidine rings is 2. The molecular formula is C21H30N2O3. The average Bonchev–Trinajstić information content (AvgIpc) is 2.67. The molecular weight excluding hydrogens is 328 g/mol. The Hall–Kier alpha value is -1.88. The molecule has 26 heavy (non-hydrogen) atoms. The van der Waals surface area contributed by atoms with Gasteiger partial charge < -0.3 is 14.9 Å². The Kier molecular flexibility index (Phi) is 5.97. The Morgan fingerprint density at radius 2 is 1.85 bits per heavy atom. The van der Waals surface area contributed by atoms with Crippen LogP contribution in [0.25, 0.3) is 0 Å². The van der Waals surface area contributed by atoms with Crippen LogP contribution in [0.2, 0.25) is 0 Å². The minimum Gasteiger partial charge on any atom is -0.481 e. The number of carboxylic acids is 1. The van der Waals surface area contributed by atoms with Crippen molar-refractivity contribution in [2.75, 3.05) is 33.2 Å². The monoisotopic (exact) mass is 358 g/mol. The Labute approximate surface area is 156 Å². The molecule has 0 radical (unpaired) electrons. The summed E-state index contributed by atoms with van der Waals surface area (Å²) < 4.78 is 0. The van der Waals surface area contributed by atoms with Crippen LogP contribution in [-0.4, -0.2) is 60.0 Å². The highest BCUT2D eigenvalue weighted by atomic mass is 16.4. The van der Waals surface area contributed by atoms with E-state index in [-0.39, 0.29) is 5.91 Å². The Morgan fingerprint density at radius 1 is 1.15 bits per heavy atom. The van der Waals surface area contributed by atoms with Crippen molar-refractivity contribution in [2.24, 2.45) is 5.92 Å². The van der Waals surface area contributed by atoms with Crippen molar-refractivity contribution < 1.29 is 14.7 Å². The van der Waals surface area contributed by atoms with Crippen LogP contribution in [0.5, 0.6) is 0 Å². The van der Waals surface area contributed by atoms with Gasteiger partial charge in [-0.2, -0.15) is 0 Å². The van der Waals surface area contributed by atoms with E-state index in [4.69, 9.17) is 0 Å². The van der Waals surface area contributed by atoms with Gasteiger partial charge in [-0.1, -0.05) is 30.3 Å². The smallest absolute Gasteiger partial charge is 0.314 e. The molecule has 3 rings (SSSR count). The molecule has 2 heterocycles. The summed E-state index contributed by atoms with van der Waals surface area (Å²) in [6, 6.07) is 9.47. The van der Waals surface area contributed by atoms with Gasteiger partial charge in [0.1, 0.15) is 0 Å². The third-order valence-corrected chi connectivity index (χ3v) is 6.19. The van der Waals surface area contributed by atoms with E-state index in [1.165, 1.54) is 12.8 Å². The zero-order valence-electron chi connectivity index (χ0n) is 15.7. The quantitative estimate of drug-likeness (QED) is 0.879. The van der Waals surface area contributed by atoms with Crippen LogP contribution in [-0.2, 0) is 15.0 Å². The predicted octanol–water partition coefficient (Wildman–Crippen LogP) is 2.75. The highest BCUT2D eigenvalue weighted by Crippen LogP contribution is 2.36. The molecule has 142 valence electrons. The second kappa shape index (κ2) is 8.21. The minimum atomic E-state index is -0.857. The second-order valence-corrected chi connectivity index (χ2v) is 7.94. The van der Waals surface area contributed by atoms with Crippen molar-refractivity contribution >= 4 is 11.9 Å². The first kappa shape index (κ1) is 18.9. The van der Waals surface area contributed by atoms with Crippen molar-refractivity contribution in [3.8, 4) is 0 Å². The summed E-state index contributed by atoms with van der Waals surface area (Å²) >= 11 is 0. The number of rotatable bonds is 5. The summed E-state index contributed by atoms with van der Waals surface area (Å²) in [5.41, 5.74) is -0.00532. The SMILES string of the molecule is CN1CCC[C@@H](CCC(=O)N2CCC(C(=O)O)(c3ccccc3)CC2)C1. The summed E-state index contributed by atoms with van der Waals surface area (Å²) in [7, 11) is 2.15. The van der Waals surface area contributed by atoms with Crippen molar-refractivity contribution in [3.05, 3.63) is 35.9 Å². The van der Waals surface area contributed by atoms with Crippen molar-refractivity contribution in [1.29, 1.82) is 0 Å². The number of likely N-dealkylation sites (tertiary alicyclic amines) is 2. The van der Waals surface area contributed by atoms with Crippen LogP contribution >= 0.6 is 0 Å². The summed E-state index contributed by atoms with van der Waals surface area (Å²) in [6.45, 7) is 3.31. The van der Waals surface area contributed by atoms with Gasteiger partial charge in [-0.3, -0.25) is 9.59 Å². The Balaban J connectivity index is 1.55. The van der Waals surface area contributed by atoms with Crippen LogP contribution < -0.4 is 0 Å². The molecule has 0 unspecified atom stereocenters. The van der Waals surface area contributed by atoms with E-state index in [0.717, 1.165) is 25.1 Å². The van der Waals surface area contributed by atoms with Gasteiger partial charge in [0, 0.05) is 26.1 Å². The molecule has 0 aromatic heterocycles. The highest BCUT2D eigenvalue weighted by molar-refractivity contribution is 5.82. The normalized spacial score (nSPS) is 23.6. The lowest BCUT2D eigenvalue weighted by molar-refractivity contribution is -0.148. The first-order valence-electron chi connectivity index (χ1n) is 9.76. The molecule has 2 saturated heterocycles. The number of amides is 1. The first-order chi connectivity index (χ1) is 12.5. The fourth-order valence-electron chi connectivity index (χ4n) is 4.52. The zero-order chi connectivity index (χ0) is 18.6. The minimum absolute atomic E-state index is 0.185. The molecule has 1 atom stereocenters. The van der Waals surface area contributed by atoms with Crippen LogP contribution in [0.15, 0.2) is 30.3 Å². The van der Waals surface area contributed by atoms with Crippen LogP contribution in [0.1, 0.15) is 44.1 Å². The van der Waals surface area contributed by atoms with E-state index in [9.17, 15) is 14.7 Å². The third kappa shape index (κ3) is 4.09. The van der Waals surface area contributed by atoms with Gasteiger partial charge in [0.15, 0.2) is 0 Å². The third-order valence-electron chi connectivity index (χ3n) is 6.19. The number of benzene rings is 1.